The van der Waals surface area contributed by atoms with Crippen molar-refractivity contribution >= 4 is 6.21 Å². The summed E-state index contributed by atoms with van der Waals surface area (Å²) in [6.07, 6.45) is 3.38. The van der Waals surface area contributed by atoms with Crippen LogP contribution in [0.2, 0.25) is 0 Å². The van der Waals surface area contributed by atoms with Crippen molar-refractivity contribution in [1.82, 2.24) is 0 Å². The molecule has 0 saturated heterocycles. The first-order valence-electron chi connectivity index (χ1n) is 3.49. The molecular formula is C8H17NO. The van der Waals surface area contributed by atoms with E-state index in [9.17, 15) is 0 Å². The first-order valence-corrected chi connectivity index (χ1v) is 3.49. The van der Waals surface area contributed by atoms with Crippen LogP contribution in [0, 0.1) is 0 Å². The second-order valence-electron chi connectivity index (χ2n) is 1.35. The van der Waals surface area contributed by atoms with Gasteiger partial charge in [-0.2, -0.15) is 0 Å². The van der Waals surface area contributed by atoms with Crippen molar-refractivity contribution < 1.29 is 4.74 Å². The molecule has 0 heterocycles. The summed E-state index contributed by atoms with van der Waals surface area (Å²) >= 11 is 0. The molecule has 10 heavy (non-hydrogen) atoms. The standard InChI is InChI=1S/C6H11NO.C2H6/c1-4-7-5-6(2)8-3;1-2/h4-5H,1-3H3;1-2H3/b6-5-,7-4?;. The fraction of sp³-hybridized carbons (Fsp3) is 0.625. The lowest BCUT2D eigenvalue weighted by Gasteiger charge is -1.92. The fourth-order valence-corrected chi connectivity index (χ4v) is 0.232. The van der Waals surface area contributed by atoms with E-state index in [0.717, 1.165) is 5.76 Å². The molecule has 0 bridgehead atoms. The zero-order valence-electron chi connectivity index (χ0n) is 7.51. The van der Waals surface area contributed by atoms with Crippen molar-refractivity contribution in [2.24, 2.45) is 4.99 Å². The Morgan fingerprint density at radius 3 is 2.20 bits per heavy atom. The van der Waals surface area contributed by atoms with Gasteiger partial charge in [-0.15, -0.1) is 0 Å². The molecule has 0 N–H and O–H groups in total. The van der Waals surface area contributed by atoms with E-state index in [4.69, 9.17) is 4.74 Å². The summed E-state index contributed by atoms with van der Waals surface area (Å²) in [5, 5.41) is 0. The van der Waals surface area contributed by atoms with Crippen molar-refractivity contribution in [3.63, 3.8) is 0 Å². The van der Waals surface area contributed by atoms with Crippen LogP contribution in [0.4, 0.5) is 0 Å². The lowest BCUT2D eigenvalue weighted by Crippen LogP contribution is -1.75. The van der Waals surface area contributed by atoms with Crippen LogP contribution in [0.1, 0.15) is 27.7 Å². The predicted octanol–water partition coefficient (Wildman–Crippen LogP) is 2.61. The Kier molecular flexibility index (Phi) is 13.2. The smallest absolute Gasteiger partial charge is 0.111 e. The highest BCUT2D eigenvalue weighted by Crippen LogP contribution is 1.90. The van der Waals surface area contributed by atoms with Crippen LogP contribution in [0.3, 0.4) is 0 Å². The van der Waals surface area contributed by atoms with Crippen LogP contribution >= 0.6 is 0 Å². The Morgan fingerprint density at radius 2 is 1.90 bits per heavy atom. The molecule has 0 radical (unpaired) electrons. The molecule has 0 aliphatic heterocycles. The molecule has 60 valence electrons. The summed E-state index contributed by atoms with van der Waals surface area (Å²) in [6, 6.07) is 0. The minimum atomic E-state index is 0.822. The minimum absolute atomic E-state index is 0.822. The minimum Gasteiger partial charge on any atom is -0.500 e. The lowest BCUT2D eigenvalue weighted by atomic mass is 10.6. The quantitative estimate of drug-likeness (QED) is 0.430. The molecule has 0 aromatic carbocycles. The molecule has 0 aromatic rings. The summed E-state index contributed by atoms with van der Waals surface area (Å²) in [6.45, 7) is 7.71. The van der Waals surface area contributed by atoms with Crippen molar-refractivity contribution in [1.29, 1.82) is 0 Å². The number of hydrogen-bond donors (Lipinski definition) is 0. The second-order valence-corrected chi connectivity index (χ2v) is 1.35. The van der Waals surface area contributed by atoms with E-state index in [1.807, 2.05) is 27.7 Å². The van der Waals surface area contributed by atoms with E-state index in [2.05, 4.69) is 4.99 Å². The lowest BCUT2D eigenvalue weighted by molar-refractivity contribution is 0.292. The summed E-state index contributed by atoms with van der Waals surface area (Å²) in [4.78, 5) is 3.83. The third kappa shape index (κ3) is 10.2. The van der Waals surface area contributed by atoms with E-state index in [-0.39, 0.29) is 0 Å². The monoisotopic (exact) mass is 143 g/mol. The van der Waals surface area contributed by atoms with Gasteiger partial charge in [0.05, 0.1) is 13.3 Å². The molecule has 0 aliphatic rings. The average molecular weight is 143 g/mol. The van der Waals surface area contributed by atoms with Gasteiger partial charge in [0.2, 0.25) is 0 Å². The third-order valence-electron chi connectivity index (χ3n) is 0.727. The number of nitrogens with zero attached hydrogens (tertiary/aromatic N) is 1. The van der Waals surface area contributed by atoms with Crippen molar-refractivity contribution in [2.75, 3.05) is 7.11 Å². The third-order valence-corrected chi connectivity index (χ3v) is 0.727. The van der Waals surface area contributed by atoms with E-state index in [1.165, 1.54) is 0 Å². The summed E-state index contributed by atoms with van der Waals surface area (Å²) in [5.41, 5.74) is 0. The van der Waals surface area contributed by atoms with Crippen LogP contribution in [-0.2, 0) is 4.74 Å². The molecule has 0 spiro atoms. The van der Waals surface area contributed by atoms with Crippen LogP contribution in [-0.4, -0.2) is 13.3 Å². The summed E-state index contributed by atoms with van der Waals surface area (Å²) < 4.78 is 4.80. The van der Waals surface area contributed by atoms with E-state index in [0.29, 0.717) is 0 Å². The van der Waals surface area contributed by atoms with Gasteiger partial charge < -0.3 is 4.74 Å². The largest absolute Gasteiger partial charge is 0.500 e. The number of rotatable bonds is 2. The van der Waals surface area contributed by atoms with Gasteiger partial charge in [-0.05, 0) is 13.8 Å². The van der Waals surface area contributed by atoms with Crippen LogP contribution in [0.15, 0.2) is 17.0 Å². The number of aliphatic imine (C=N–C) groups is 1. The highest BCUT2D eigenvalue weighted by molar-refractivity contribution is 5.54. The van der Waals surface area contributed by atoms with Gasteiger partial charge in [0.15, 0.2) is 0 Å². The van der Waals surface area contributed by atoms with Gasteiger partial charge in [-0.25, -0.2) is 0 Å². The number of allylic oxidation sites excluding steroid dienone is 1. The average Bonchev–Trinajstić information content (AvgIpc) is 2.04. The van der Waals surface area contributed by atoms with Crippen molar-refractivity contribution in [2.45, 2.75) is 27.7 Å². The zero-order valence-corrected chi connectivity index (χ0v) is 7.51. The molecule has 0 aliphatic carbocycles. The molecule has 0 aromatic heterocycles. The Morgan fingerprint density at radius 1 is 1.40 bits per heavy atom. The molecule has 0 saturated carbocycles. The van der Waals surface area contributed by atoms with Gasteiger partial charge in [-0.3, -0.25) is 4.99 Å². The summed E-state index contributed by atoms with van der Waals surface area (Å²) in [5.74, 6) is 0.822. The zero-order chi connectivity index (χ0) is 8.41. The Hall–Kier alpha value is -0.790. The topological polar surface area (TPSA) is 21.6 Å². The summed E-state index contributed by atoms with van der Waals surface area (Å²) in [7, 11) is 1.62. The van der Waals surface area contributed by atoms with Gasteiger partial charge >= 0.3 is 0 Å². The second kappa shape index (κ2) is 11.1. The van der Waals surface area contributed by atoms with Gasteiger partial charge in [0, 0.05) is 6.21 Å². The SMILES string of the molecule is CC.CC=N/C=C(/C)OC. The number of ether oxygens (including phenoxy) is 1. The molecule has 2 nitrogen and oxygen atoms in total. The Balaban J connectivity index is 0. The number of hydrogen-bond acceptors (Lipinski definition) is 2. The molecule has 0 unspecified atom stereocenters. The molecule has 0 atom stereocenters. The van der Waals surface area contributed by atoms with Crippen LogP contribution in [0.25, 0.3) is 0 Å². The van der Waals surface area contributed by atoms with E-state index in [1.54, 1.807) is 19.5 Å². The highest BCUT2D eigenvalue weighted by Gasteiger charge is 1.76. The van der Waals surface area contributed by atoms with Crippen LogP contribution in [0.5, 0.6) is 0 Å². The van der Waals surface area contributed by atoms with Crippen molar-refractivity contribution in [3.05, 3.63) is 12.0 Å². The molecule has 0 amide bonds. The van der Waals surface area contributed by atoms with Gasteiger partial charge in [0.1, 0.15) is 5.76 Å². The maximum Gasteiger partial charge on any atom is 0.111 e. The van der Waals surface area contributed by atoms with E-state index < -0.39 is 0 Å². The van der Waals surface area contributed by atoms with Gasteiger partial charge in [0.25, 0.3) is 0 Å². The molecule has 2 heteroatoms. The predicted molar refractivity (Wildman–Crippen MR) is 46.3 cm³/mol. The highest BCUT2D eigenvalue weighted by atomic mass is 16.5. The molecule has 0 rings (SSSR count). The fourth-order valence-electron chi connectivity index (χ4n) is 0.232. The van der Waals surface area contributed by atoms with Crippen molar-refractivity contribution in [3.8, 4) is 0 Å². The maximum atomic E-state index is 4.80. The number of methoxy groups -OCH3 is 1. The first kappa shape index (κ1) is 11.9. The van der Waals surface area contributed by atoms with Gasteiger partial charge in [-0.1, -0.05) is 13.8 Å². The Bertz CT molecular complexity index is 106. The maximum absolute atomic E-state index is 4.80. The Labute approximate surface area is 63.6 Å². The first-order chi connectivity index (χ1) is 4.81. The normalized spacial score (nSPS) is 10.7. The van der Waals surface area contributed by atoms with E-state index >= 15 is 0 Å². The molecular weight excluding hydrogens is 126 g/mol. The van der Waals surface area contributed by atoms with Crippen LogP contribution < -0.4 is 0 Å². The molecule has 0 fully saturated rings.